The predicted molar refractivity (Wildman–Crippen MR) is 75.0 cm³/mol. The summed E-state index contributed by atoms with van der Waals surface area (Å²) in [5.74, 6) is -0.209. The van der Waals surface area contributed by atoms with Crippen molar-refractivity contribution in [2.75, 3.05) is 19.6 Å². The van der Waals surface area contributed by atoms with Gasteiger partial charge in [-0.05, 0) is 24.3 Å². The van der Waals surface area contributed by atoms with Crippen molar-refractivity contribution in [3.63, 3.8) is 0 Å². The zero-order valence-electron chi connectivity index (χ0n) is 12.1. The summed E-state index contributed by atoms with van der Waals surface area (Å²) in [4.78, 5) is 13.5. The molecule has 22 heavy (non-hydrogen) atoms. The monoisotopic (exact) mass is 316 g/mol. The average Bonchev–Trinajstić information content (AvgIpc) is 2.51. The van der Waals surface area contributed by atoms with E-state index in [1.807, 2.05) is 30.3 Å². The molecule has 1 heterocycles. The Labute approximate surface area is 127 Å². The first-order chi connectivity index (χ1) is 10.4. The number of nitrogens with zero attached hydrogens (tertiary/aromatic N) is 1. The third-order valence-electron chi connectivity index (χ3n) is 3.57. The SMILES string of the molecule is O=C(OCc1ccccc1)N1CCC[C@H](CNC(F)(F)F)C1. The first kappa shape index (κ1) is 16.6. The summed E-state index contributed by atoms with van der Waals surface area (Å²) < 4.78 is 41.7. The van der Waals surface area contributed by atoms with Gasteiger partial charge in [-0.3, -0.25) is 0 Å². The molecule has 1 amide bonds. The number of hydrogen-bond donors (Lipinski definition) is 1. The van der Waals surface area contributed by atoms with Crippen molar-refractivity contribution >= 4 is 6.09 Å². The lowest BCUT2D eigenvalue weighted by atomic mass is 9.98. The highest BCUT2D eigenvalue weighted by Crippen LogP contribution is 2.19. The fourth-order valence-corrected chi connectivity index (χ4v) is 2.47. The first-order valence-corrected chi connectivity index (χ1v) is 7.21. The minimum absolute atomic E-state index is 0.168. The quantitative estimate of drug-likeness (QED) is 0.868. The van der Waals surface area contributed by atoms with Crippen molar-refractivity contribution in [2.45, 2.75) is 25.7 Å². The predicted octanol–water partition coefficient (Wildman–Crippen LogP) is 3.14. The Balaban J connectivity index is 1.77. The number of carbonyl (C=O) groups excluding carboxylic acids is 1. The van der Waals surface area contributed by atoms with Crippen LogP contribution in [0.5, 0.6) is 0 Å². The van der Waals surface area contributed by atoms with E-state index in [1.54, 1.807) is 0 Å². The Kier molecular flexibility index (Phi) is 5.65. The molecule has 1 aliphatic rings. The largest absolute Gasteiger partial charge is 0.457 e. The number of likely N-dealkylation sites (tertiary alicyclic amines) is 1. The molecular formula is C15H19F3N2O2. The fourth-order valence-electron chi connectivity index (χ4n) is 2.47. The van der Waals surface area contributed by atoms with Gasteiger partial charge in [0.2, 0.25) is 0 Å². The third-order valence-corrected chi connectivity index (χ3v) is 3.57. The van der Waals surface area contributed by atoms with Gasteiger partial charge in [-0.1, -0.05) is 30.3 Å². The van der Waals surface area contributed by atoms with Crippen molar-refractivity contribution in [3.05, 3.63) is 35.9 Å². The molecule has 1 atom stereocenters. The molecule has 1 aromatic rings. The summed E-state index contributed by atoms with van der Waals surface area (Å²) in [7, 11) is 0. The molecule has 122 valence electrons. The number of alkyl halides is 3. The van der Waals surface area contributed by atoms with Gasteiger partial charge in [0.1, 0.15) is 6.61 Å². The van der Waals surface area contributed by atoms with Gasteiger partial charge in [0.25, 0.3) is 0 Å². The minimum atomic E-state index is -4.38. The van der Waals surface area contributed by atoms with E-state index in [0.29, 0.717) is 19.4 Å². The molecule has 1 N–H and O–H groups in total. The summed E-state index contributed by atoms with van der Waals surface area (Å²) in [6, 6.07) is 9.26. The van der Waals surface area contributed by atoms with Crippen LogP contribution in [-0.2, 0) is 11.3 Å². The molecular weight excluding hydrogens is 297 g/mol. The van der Waals surface area contributed by atoms with Crippen molar-refractivity contribution in [1.82, 2.24) is 10.2 Å². The zero-order chi connectivity index (χ0) is 16.0. The average molecular weight is 316 g/mol. The maximum atomic E-state index is 12.2. The van der Waals surface area contributed by atoms with Crippen LogP contribution in [0.4, 0.5) is 18.0 Å². The number of carbonyl (C=O) groups is 1. The van der Waals surface area contributed by atoms with E-state index in [1.165, 1.54) is 10.2 Å². The maximum absolute atomic E-state index is 12.2. The van der Waals surface area contributed by atoms with Gasteiger partial charge in [0, 0.05) is 19.6 Å². The number of nitrogens with one attached hydrogen (secondary N) is 1. The van der Waals surface area contributed by atoms with Crippen LogP contribution in [0.25, 0.3) is 0 Å². The molecule has 0 spiro atoms. The maximum Gasteiger partial charge on any atom is 0.457 e. The van der Waals surface area contributed by atoms with Gasteiger partial charge in [-0.2, -0.15) is 13.2 Å². The van der Waals surface area contributed by atoms with E-state index >= 15 is 0 Å². The molecule has 1 aromatic carbocycles. The normalized spacial score (nSPS) is 19.0. The summed E-state index contributed by atoms with van der Waals surface area (Å²) in [5, 5.41) is 1.53. The molecule has 0 radical (unpaired) electrons. The van der Waals surface area contributed by atoms with Crippen LogP contribution in [0.15, 0.2) is 30.3 Å². The highest BCUT2D eigenvalue weighted by molar-refractivity contribution is 5.67. The van der Waals surface area contributed by atoms with E-state index in [9.17, 15) is 18.0 Å². The summed E-state index contributed by atoms with van der Waals surface area (Å²) in [6.45, 7) is 0.806. The lowest BCUT2D eigenvalue weighted by Gasteiger charge is -2.32. The highest BCUT2D eigenvalue weighted by atomic mass is 19.4. The number of hydrogen-bond acceptors (Lipinski definition) is 3. The molecule has 0 unspecified atom stereocenters. The van der Waals surface area contributed by atoms with Crippen molar-refractivity contribution in [1.29, 1.82) is 0 Å². The van der Waals surface area contributed by atoms with Gasteiger partial charge in [-0.15, -0.1) is 0 Å². The van der Waals surface area contributed by atoms with Gasteiger partial charge < -0.3 is 9.64 Å². The van der Waals surface area contributed by atoms with Gasteiger partial charge in [-0.25, -0.2) is 10.1 Å². The van der Waals surface area contributed by atoms with Gasteiger partial charge in [0.05, 0.1) is 0 Å². The van der Waals surface area contributed by atoms with Gasteiger partial charge in [0.15, 0.2) is 0 Å². The number of benzene rings is 1. The second-order valence-electron chi connectivity index (χ2n) is 5.37. The Morgan fingerprint density at radius 1 is 1.32 bits per heavy atom. The second kappa shape index (κ2) is 7.49. The van der Waals surface area contributed by atoms with Gasteiger partial charge >= 0.3 is 12.4 Å². The smallest absolute Gasteiger partial charge is 0.445 e. The van der Waals surface area contributed by atoms with E-state index in [-0.39, 0.29) is 25.6 Å². The van der Waals surface area contributed by atoms with Crippen LogP contribution in [0.1, 0.15) is 18.4 Å². The van der Waals surface area contributed by atoms with Crippen molar-refractivity contribution < 1.29 is 22.7 Å². The van der Waals surface area contributed by atoms with Crippen LogP contribution in [0.2, 0.25) is 0 Å². The number of halogens is 3. The Hall–Kier alpha value is -1.76. The van der Waals surface area contributed by atoms with Crippen LogP contribution >= 0.6 is 0 Å². The Morgan fingerprint density at radius 3 is 2.73 bits per heavy atom. The summed E-state index contributed by atoms with van der Waals surface area (Å²) in [5.41, 5.74) is 0.878. The zero-order valence-corrected chi connectivity index (χ0v) is 12.1. The summed E-state index contributed by atoms with van der Waals surface area (Å²) in [6.07, 6.45) is -3.49. The highest BCUT2D eigenvalue weighted by Gasteiger charge is 2.30. The van der Waals surface area contributed by atoms with E-state index in [4.69, 9.17) is 4.74 Å². The molecule has 2 rings (SSSR count). The van der Waals surface area contributed by atoms with E-state index < -0.39 is 12.4 Å². The second-order valence-corrected chi connectivity index (χ2v) is 5.37. The van der Waals surface area contributed by atoms with Crippen LogP contribution < -0.4 is 5.32 Å². The summed E-state index contributed by atoms with van der Waals surface area (Å²) >= 11 is 0. The first-order valence-electron chi connectivity index (χ1n) is 7.21. The number of ether oxygens (including phenoxy) is 1. The number of rotatable bonds is 4. The van der Waals surface area contributed by atoms with E-state index in [2.05, 4.69) is 0 Å². The Bertz CT molecular complexity index is 479. The number of piperidine rings is 1. The molecule has 0 aliphatic carbocycles. The molecule has 1 saturated heterocycles. The van der Waals surface area contributed by atoms with Crippen LogP contribution in [0, 0.1) is 5.92 Å². The topological polar surface area (TPSA) is 41.6 Å². The minimum Gasteiger partial charge on any atom is -0.445 e. The number of amides is 1. The molecule has 0 saturated carbocycles. The van der Waals surface area contributed by atoms with Crippen LogP contribution in [-0.4, -0.2) is 36.9 Å². The lowest BCUT2D eigenvalue weighted by Crippen LogP contribution is -2.45. The Morgan fingerprint density at radius 2 is 2.05 bits per heavy atom. The molecule has 4 nitrogen and oxygen atoms in total. The van der Waals surface area contributed by atoms with E-state index in [0.717, 1.165) is 5.56 Å². The van der Waals surface area contributed by atoms with Crippen molar-refractivity contribution in [3.8, 4) is 0 Å². The molecule has 1 fully saturated rings. The standard InChI is InChI=1S/C15H19F3N2O2/c16-15(17,18)19-9-13-7-4-8-20(10-13)14(21)22-11-12-5-2-1-3-6-12/h1-3,5-6,13,19H,4,7-11H2/t13-/m1/s1. The fraction of sp³-hybridized carbons (Fsp3) is 0.533. The van der Waals surface area contributed by atoms with Crippen molar-refractivity contribution in [2.24, 2.45) is 5.92 Å². The molecule has 1 aliphatic heterocycles. The lowest BCUT2D eigenvalue weighted by molar-refractivity contribution is -0.159. The molecule has 0 aromatic heterocycles. The molecule has 7 heteroatoms. The van der Waals surface area contributed by atoms with Crippen LogP contribution in [0.3, 0.4) is 0 Å². The third kappa shape index (κ3) is 5.55. The molecule has 0 bridgehead atoms.